The number of aromatic nitrogens is 1. The predicted octanol–water partition coefficient (Wildman–Crippen LogP) is 5.09. The van der Waals surface area contributed by atoms with Crippen LogP contribution in [0.3, 0.4) is 0 Å². The van der Waals surface area contributed by atoms with Crippen molar-refractivity contribution < 1.29 is 14.3 Å². The van der Waals surface area contributed by atoms with Crippen molar-refractivity contribution in [2.24, 2.45) is 0 Å². The first-order chi connectivity index (χ1) is 16.5. The van der Waals surface area contributed by atoms with Gasteiger partial charge in [0.05, 0.1) is 12.1 Å². The molecule has 6 nitrogen and oxygen atoms in total. The number of ketones is 1. The van der Waals surface area contributed by atoms with Crippen molar-refractivity contribution in [3.63, 3.8) is 0 Å². The van der Waals surface area contributed by atoms with Gasteiger partial charge in [0.1, 0.15) is 6.61 Å². The van der Waals surface area contributed by atoms with E-state index in [0.29, 0.717) is 54.5 Å². The van der Waals surface area contributed by atoms with Crippen LogP contribution in [-0.4, -0.2) is 34.7 Å². The van der Waals surface area contributed by atoms with Gasteiger partial charge in [-0.15, -0.1) is 0 Å². The van der Waals surface area contributed by atoms with E-state index >= 15 is 0 Å². The van der Waals surface area contributed by atoms with E-state index in [0.717, 1.165) is 17.7 Å². The van der Waals surface area contributed by atoms with Crippen LogP contribution in [0.15, 0.2) is 66.9 Å². The van der Waals surface area contributed by atoms with Crippen LogP contribution >= 0.6 is 0 Å². The summed E-state index contributed by atoms with van der Waals surface area (Å²) < 4.78 is 5.90. The first-order valence-corrected chi connectivity index (χ1v) is 11.6. The molecule has 2 aliphatic rings. The van der Waals surface area contributed by atoms with E-state index in [4.69, 9.17) is 4.74 Å². The molecule has 1 amide bonds. The zero-order chi connectivity index (χ0) is 23.8. The minimum absolute atomic E-state index is 0.0314. The van der Waals surface area contributed by atoms with E-state index in [9.17, 15) is 9.59 Å². The molecule has 2 aliphatic heterocycles. The van der Waals surface area contributed by atoms with Gasteiger partial charge in [-0.25, -0.2) is 4.98 Å². The number of benzene rings is 2. The van der Waals surface area contributed by atoms with Crippen LogP contribution < -0.4 is 9.64 Å². The predicted molar refractivity (Wildman–Crippen MR) is 132 cm³/mol. The van der Waals surface area contributed by atoms with Crippen molar-refractivity contribution in [1.82, 2.24) is 9.88 Å². The number of pyridine rings is 1. The van der Waals surface area contributed by atoms with Gasteiger partial charge >= 0.3 is 0 Å². The fraction of sp³-hybridized carbons (Fsp3) is 0.250. The SMILES string of the molecule is C=C(C)C(=O)c1ccc(N2CCOc3cc(C(=O)N4Cc5ccccc5C4)cnc32)cc1CC. The molecule has 0 fully saturated rings. The van der Waals surface area contributed by atoms with Crippen molar-refractivity contribution >= 4 is 23.2 Å². The van der Waals surface area contributed by atoms with Gasteiger partial charge < -0.3 is 14.5 Å². The zero-order valence-electron chi connectivity index (χ0n) is 19.5. The fourth-order valence-electron chi connectivity index (χ4n) is 4.62. The Hall–Kier alpha value is -3.93. The Bertz CT molecular complexity index is 1290. The summed E-state index contributed by atoms with van der Waals surface area (Å²) >= 11 is 0. The number of allylic oxidation sites excluding steroid dienone is 1. The van der Waals surface area contributed by atoms with Crippen LogP contribution in [0, 0.1) is 0 Å². The van der Waals surface area contributed by atoms with Crippen LogP contribution in [0.2, 0.25) is 0 Å². The number of aryl methyl sites for hydroxylation is 1. The first-order valence-electron chi connectivity index (χ1n) is 11.6. The Morgan fingerprint density at radius 1 is 1.09 bits per heavy atom. The lowest BCUT2D eigenvalue weighted by molar-refractivity contribution is 0.0750. The van der Waals surface area contributed by atoms with E-state index in [-0.39, 0.29) is 11.7 Å². The maximum absolute atomic E-state index is 13.2. The Kier molecular flexibility index (Phi) is 5.65. The normalized spacial score (nSPS) is 14.3. The van der Waals surface area contributed by atoms with E-state index in [1.54, 1.807) is 19.2 Å². The summed E-state index contributed by atoms with van der Waals surface area (Å²) in [6.45, 7) is 9.89. The summed E-state index contributed by atoms with van der Waals surface area (Å²) in [5.74, 6) is 1.18. The highest BCUT2D eigenvalue weighted by atomic mass is 16.5. The molecule has 6 heteroatoms. The van der Waals surface area contributed by atoms with E-state index in [2.05, 4.69) is 28.6 Å². The third-order valence-electron chi connectivity index (χ3n) is 6.45. The van der Waals surface area contributed by atoms with Gasteiger partial charge in [0, 0.05) is 30.5 Å². The second-order valence-corrected chi connectivity index (χ2v) is 8.78. The summed E-state index contributed by atoms with van der Waals surface area (Å²) in [5, 5.41) is 0. The second kappa shape index (κ2) is 8.78. The van der Waals surface area contributed by atoms with Gasteiger partial charge in [0.2, 0.25) is 0 Å². The Morgan fingerprint density at radius 3 is 2.50 bits per heavy atom. The van der Waals surface area contributed by atoms with Gasteiger partial charge in [-0.3, -0.25) is 9.59 Å². The maximum atomic E-state index is 13.2. The number of anilines is 2. The Morgan fingerprint density at radius 2 is 1.82 bits per heavy atom. The van der Waals surface area contributed by atoms with Crippen LogP contribution in [0.1, 0.15) is 51.3 Å². The Balaban J connectivity index is 1.42. The van der Waals surface area contributed by atoms with E-state index in [1.165, 1.54) is 11.1 Å². The molecule has 0 saturated carbocycles. The maximum Gasteiger partial charge on any atom is 0.256 e. The standard InChI is InChI=1S/C28H27N3O3/c1-4-19-13-23(9-10-24(19)26(32)18(2)3)31-11-12-34-25-14-22(15-29-27(25)31)28(33)30-16-20-7-5-6-8-21(20)17-30/h5-10,13-15H,2,4,11-12,16-17H2,1,3H3. The lowest BCUT2D eigenvalue weighted by atomic mass is 9.97. The van der Waals surface area contributed by atoms with E-state index < -0.39 is 0 Å². The molecule has 0 bridgehead atoms. The van der Waals surface area contributed by atoms with Gasteiger partial charge in [-0.05, 0) is 59.9 Å². The van der Waals surface area contributed by atoms with Crippen LogP contribution in [0.5, 0.6) is 5.75 Å². The van der Waals surface area contributed by atoms with E-state index in [1.807, 2.05) is 42.2 Å². The molecule has 0 atom stereocenters. The number of ether oxygens (including phenoxy) is 1. The average molecular weight is 454 g/mol. The zero-order valence-corrected chi connectivity index (χ0v) is 19.5. The number of Topliss-reactive ketones (excluding diaryl/α,β-unsaturated/α-hetero) is 1. The molecular formula is C28H27N3O3. The summed E-state index contributed by atoms with van der Waals surface area (Å²) in [7, 11) is 0. The largest absolute Gasteiger partial charge is 0.488 e. The van der Waals surface area contributed by atoms with Gasteiger partial charge in [0.15, 0.2) is 17.4 Å². The summed E-state index contributed by atoms with van der Waals surface area (Å²) in [6, 6.07) is 15.8. The number of nitrogens with zero attached hydrogens (tertiary/aromatic N) is 3. The first kappa shape index (κ1) is 21.9. The van der Waals surface area contributed by atoms with Crippen molar-refractivity contribution in [3.05, 3.63) is 94.7 Å². The lowest BCUT2D eigenvalue weighted by Crippen LogP contribution is -2.31. The summed E-state index contributed by atoms with van der Waals surface area (Å²) in [6.07, 6.45) is 2.37. The summed E-state index contributed by atoms with van der Waals surface area (Å²) in [4.78, 5) is 34.2. The minimum atomic E-state index is -0.0526. The molecule has 0 aliphatic carbocycles. The van der Waals surface area contributed by atoms with Gasteiger partial charge in [-0.1, -0.05) is 37.8 Å². The number of carbonyl (C=O) groups excluding carboxylic acids is 2. The highest BCUT2D eigenvalue weighted by Gasteiger charge is 2.27. The third-order valence-corrected chi connectivity index (χ3v) is 6.45. The molecule has 0 saturated heterocycles. The molecule has 5 rings (SSSR count). The molecule has 1 aromatic heterocycles. The number of amides is 1. The highest BCUT2D eigenvalue weighted by Crippen LogP contribution is 2.37. The van der Waals surface area contributed by atoms with Gasteiger partial charge in [0.25, 0.3) is 5.91 Å². The Labute approximate surface area is 199 Å². The fourth-order valence-corrected chi connectivity index (χ4v) is 4.62. The average Bonchev–Trinajstić information content (AvgIpc) is 3.31. The lowest BCUT2D eigenvalue weighted by Gasteiger charge is -2.31. The molecule has 0 radical (unpaired) electrons. The molecule has 2 aromatic carbocycles. The number of hydrogen-bond donors (Lipinski definition) is 0. The van der Waals surface area contributed by atoms with Crippen LogP contribution in [0.4, 0.5) is 11.5 Å². The highest BCUT2D eigenvalue weighted by molar-refractivity contribution is 6.09. The van der Waals surface area contributed by atoms with Crippen molar-refractivity contribution in [3.8, 4) is 5.75 Å². The van der Waals surface area contributed by atoms with Crippen molar-refractivity contribution in [1.29, 1.82) is 0 Å². The second-order valence-electron chi connectivity index (χ2n) is 8.78. The molecule has 172 valence electrons. The number of fused-ring (bicyclic) bond motifs is 2. The van der Waals surface area contributed by atoms with Crippen LogP contribution in [0.25, 0.3) is 0 Å². The monoisotopic (exact) mass is 453 g/mol. The summed E-state index contributed by atoms with van der Waals surface area (Å²) in [5.41, 5.74) is 6.02. The molecule has 3 heterocycles. The topological polar surface area (TPSA) is 62.7 Å². The molecule has 0 spiro atoms. The van der Waals surface area contributed by atoms with Crippen molar-refractivity contribution in [2.45, 2.75) is 33.4 Å². The smallest absolute Gasteiger partial charge is 0.256 e. The number of hydrogen-bond acceptors (Lipinski definition) is 5. The molecule has 0 unspecified atom stereocenters. The van der Waals surface area contributed by atoms with Gasteiger partial charge in [-0.2, -0.15) is 0 Å². The molecule has 34 heavy (non-hydrogen) atoms. The quantitative estimate of drug-likeness (QED) is 0.398. The number of rotatable bonds is 5. The van der Waals surface area contributed by atoms with Crippen molar-refractivity contribution in [2.75, 3.05) is 18.1 Å². The minimum Gasteiger partial charge on any atom is -0.488 e. The number of carbonyl (C=O) groups is 2. The third kappa shape index (κ3) is 3.85. The molecule has 0 N–H and O–H groups in total. The van der Waals surface area contributed by atoms with Crippen LogP contribution in [-0.2, 0) is 19.5 Å². The molecule has 3 aromatic rings. The molecular weight excluding hydrogens is 426 g/mol.